The van der Waals surface area contributed by atoms with Gasteiger partial charge in [0.15, 0.2) is 0 Å². The molecule has 0 aliphatic carbocycles. The van der Waals surface area contributed by atoms with Gasteiger partial charge in [0.25, 0.3) is 17.9 Å². The van der Waals surface area contributed by atoms with Crippen LogP contribution in [0.15, 0.2) is 0 Å². The van der Waals surface area contributed by atoms with E-state index in [1.165, 1.54) is 12.5 Å². The zero-order valence-corrected chi connectivity index (χ0v) is 16.7. The second kappa shape index (κ2) is 32.7. The standard InChI is InChI=1S/C6H14N2Si.3C2H4O2.Gd/c1-9-6-2-4-8-5-3-7;3*1-2(3)4;/h7H,2-6H2,1H3;3*1H3,(H,3,4);/q-2;;;;+2. The van der Waals surface area contributed by atoms with Gasteiger partial charge < -0.3 is 26.4 Å². The SMILES string of the molecule is CC(=O)O.CC(=O)O.CC(=O)O.C[Si]CCC[N-]CC[NH-].[Gd+2]. The Kier molecular flexibility index (Phi) is 49.8. The molecule has 22 heavy (non-hydrogen) atoms. The Morgan fingerprint density at radius 1 is 0.955 bits per heavy atom. The van der Waals surface area contributed by atoms with Crippen molar-refractivity contribution in [2.24, 2.45) is 0 Å². The molecular formula is C12H26GdN2O6Si. The third-order valence-corrected chi connectivity index (χ3v) is 1.87. The van der Waals surface area contributed by atoms with Crippen molar-refractivity contribution in [1.29, 1.82) is 0 Å². The Balaban J connectivity index is -0.0000000632. The average molecular weight is 480 g/mol. The summed E-state index contributed by atoms with van der Waals surface area (Å²) in [6.45, 7) is 7.62. The molecule has 4 N–H and O–H groups in total. The van der Waals surface area contributed by atoms with Crippen molar-refractivity contribution in [2.45, 2.75) is 39.8 Å². The van der Waals surface area contributed by atoms with Gasteiger partial charge in [-0.2, -0.15) is 13.1 Å². The van der Waals surface area contributed by atoms with Crippen molar-refractivity contribution in [1.82, 2.24) is 0 Å². The van der Waals surface area contributed by atoms with E-state index in [9.17, 15) is 0 Å². The van der Waals surface area contributed by atoms with Gasteiger partial charge in [-0.3, -0.25) is 14.4 Å². The minimum Gasteiger partial charge on any atom is -0.679 e. The first kappa shape index (κ1) is 33.5. The topological polar surface area (TPSA) is 150 Å². The zero-order valence-electron chi connectivity index (χ0n) is 13.4. The van der Waals surface area contributed by atoms with Crippen LogP contribution in [0.3, 0.4) is 0 Å². The van der Waals surface area contributed by atoms with E-state index in [0.29, 0.717) is 6.54 Å². The molecule has 0 aromatic heterocycles. The van der Waals surface area contributed by atoms with Crippen molar-refractivity contribution in [3.8, 4) is 0 Å². The summed E-state index contributed by atoms with van der Waals surface area (Å²) in [5.41, 5.74) is 6.79. The van der Waals surface area contributed by atoms with E-state index in [1.807, 2.05) is 0 Å². The maximum Gasteiger partial charge on any atom is 2.00 e. The number of carboxylic acid groups (broad SMARTS) is 3. The largest absolute Gasteiger partial charge is 2.00 e. The first-order valence-electron chi connectivity index (χ1n) is 6.12. The number of nitrogens with one attached hydrogen (secondary N) is 1. The van der Waals surface area contributed by atoms with Gasteiger partial charge in [-0.1, -0.05) is 19.0 Å². The Bertz CT molecular complexity index is 211. The van der Waals surface area contributed by atoms with E-state index >= 15 is 0 Å². The van der Waals surface area contributed by atoms with Crippen LogP contribution in [0.2, 0.25) is 12.6 Å². The molecule has 10 heteroatoms. The summed E-state index contributed by atoms with van der Waals surface area (Å²) < 4.78 is 0. The summed E-state index contributed by atoms with van der Waals surface area (Å²) in [6, 6.07) is 1.31. The number of carboxylic acids is 3. The van der Waals surface area contributed by atoms with Crippen LogP contribution in [-0.2, 0) is 14.4 Å². The minimum atomic E-state index is -0.833. The normalized spacial score (nSPS) is 7.50. The summed E-state index contributed by atoms with van der Waals surface area (Å²) in [4.78, 5) is 27.0. The fourth-order valence-corrected chi connectivity index (χ4v) is 1.07. The number of aliphatic carboxylic acids is 3. The molecule has 0 amide bonds. The molecule has 132 valence electrons. The molecule has 0 aromatic rings. The van der Waals surface area contributed by atoms with Gasteiger partial charge in [0.05, 0.1) is 0 Å². The maximum atomic E-state index is 9.00. The van der Waals surface area contributed by atoms with Gasteiger partial charge in [-0.15, -0.1) is 6.54 Å². The molecule has 0 heterocycles. The average Bonchev–Trinajstić information content (AvgIpc) is 2.26. The van der Waals surface area contributed by atoms with E-state index in [1.54, 1.807) is 0 Å². The molecule has 0 unspecified atom stereocenters. The van der Waals surface area contributed by atoms with Crippen molar-refractivity contribution in [3.05, 3.63) is 11.1 Å². The van der Waals surface area contributed by atoms with Gasteiger partial charge in [-0.25, -0.2) is 0 Å². The van der Waals surface area contributed by atoms with Gasteiger partial charge in [0.2, 0.25) is 0 Å². The predicted molar refractivity (Wildman–Crippen MR) is 83.3 cm³/mol. The van der Waals surface area contributed by atoms with Gasteiger partial charge in [0.1, 0.15) is 0 Å². The van der Waals surface area contributed by atoms with Crippen LogP contribution in [-0.4, -0.2) is 62.4 Å². The Labute approximate surface area is 166 Å². The monoisotopic (exact) mass is 480 g/mol. The molecule has 0 bridgehead atoms. The van der Waals surface area contributed by atoms with Crippen molar-refractivity contribution in [2.75, 3.05) is 19.6 Å². The fourth-order valence-electron chi connectivity index (χ4n) is 0.558. The smallest absolute Gasteiger partial charge is 0.679 e. The molecular weight excluding hydrogens is 453 g/mol. The molecule has 0 saturated heterocycles. The van der Waals surface area contributed by atoms with Gasteiger partial charge >= 0.3 is 39.9 Å². The van der Waals surface area contributed by atoms with Crippen LogP contribution in [0, 0.1) is 39.9 Å². The Hall–Kier alpha value is -0.128. The van der Waals surface area contributed by atoms with Gasteiger partial charge in [-0.05, 0) is 0 Å². The first-order valence-corrected chi connectivity index (χ1v) is 7.83. The van der Waals surface area contributed by atoms with Crippen LogP contribution >= 0.6 is 0 Å². The molecule has 0 atom stereocenters. The molecule has 0 aliphatic rings. The molecule has 0 saturated carbocycles. The number of hydrogen-bond donors (Lipinski definition) is 3. The number of hydrogen-bond acceptors (Lipinski definition) is 3. The van der Waals surface area contributed by atoms with E-state index < -0.39 is 17.9 Å². The van der Waals surface area contributed by atoms with E-state index in [2.05, 4.69) is 11.9 Å². The summed E-state index contributed by atoms with van der Waals surface area (Å²) in [5.74, 6) is -2.50. The predicted octanol–water partition coefficient (Wildman–Crippen LogP) is 2.25. The number of rotatable bonds is 6. The summed E-state index contributed by atoms with van der Waals surface area (Å²) in [5, 5.41) is 26.4. The molecule has 2 radical (unpaired) electrons. The van der Waals surface area contributed by atoms with Gasteiger partial charge in [0, 0.05) is 30.3 Å². The van der Waals surface area contributed by atoms with Crippen LogP contribution in [0.5, 0.6) is 0 Å². The zero-order chi connectivity index (χ0) is 17.7. The molecule has 0 aromatic carbocycles. The quantitative estimate of drug-likeness (QED) is 0.393. The first-order chi connectivity index (χ1) is 9.61. The fraction of sp³-hybridized carbons (Fsp3) is 0.750. The van der Waals surface area contributed by atoms with Crippen LogP contribution in [0.4, 0.5) is 0 Å². The van der Waals surface area contributed by atoms with Crippen LogP contribution in [0.1, 0.15) is 27.2 Å². The van der Waals surface area contributed by atoms with Crippen molar-refractivity contribution >= 4 is 27.4 Å². The summed E-state index contributed by atoms with van der Waals surface area (Å²) >= 11 is 0. The molecule has 0 rings (SSSR count). The van der Waals surface area contributed by atoms with Crippen molar-refractivity contribution < 1.29 is 69.6 Å². The summed E-state index contributed by atoms with van der Waals surface area (Å²) in [6.07, 6.45) is 1.22. The molecule has 0 aliphatic heterocycles. The number of carbonyl (C=O) groups is 3. The Morgan fingerprint density at radius 2 is 1.27 bits per heavy atom. The van der Waals surface area contributed by atoms with Crippen LogP contribution < -0.4 is 0 Å². The molecule has 8 nitrogen and oxygen atoms in total. The molecule has 0 fully saturated rings. The van der Waals surface area contributed by atoms with E-state index in [-0.39, 0.29) is 39.9 Å². The third kappa shape index (κ3) is 205. The number of nitrogens with zero attached hydrogens (tertiary/aromatic N) is 1. The summed E-state index contributed by atoms with van der Waals surface area (Å²) in [7, 11) is 1.06. The maximum absolute atomic E-state index is 9.00. The Morgan fingerprint density at radius 3 is 1.50 bits per heavy atom. The second-order valence-corrected chi connectivity index (χ2v) is 4.64. The van der Waals surface area contributed by atoms with E-state index in [4.69, 9.17) is 35.4 Å². The third-order valence-electron chi connectivity index (χ3n) is 1.01. The second-order valence-electron chi connectivity index (χ2n) is 3.43. The van der Waals surface area contributed by atoms with Crippen LogP contribution in [0.25, 0.3) is 11.1 Å². The van der Waals surface area contributed by atoms with Crippen molar-refractivity contribution in [3.63, 3.8) is 0 Å². The van der Waals surface area contributed by atoms with E-state index in [0.717, 1.165) is 43.4 Å². The minimum absolute atomic E-state index is 0. The molecule has 0 spiro atoms.